The first-order valence-corrected chi connectivity index (χ1v) is 6.16. The van der Waals surface area contributed by atoms with E-state index in [-0.39, 0.29) is 6.54 Å². The zero-order valence-corrected chi connectivity index (χ0v) is 11.0. The minimum absolute atomic E-state index is 0.0777. The summed E-state index contributed by atoms with van der Waals surface area (Å²) in [5.74, 6) is -3.74. The van der Waals surface area contributed by atoms with Crippen molar-refractivity contribution in [1.29, 1.82) is 0 Å². The smallest absolute Gasteiger partial charge is 0.313 e. The average molecular weight is 286 g/mol. The van der Waals surface area contributed by atoms with Crippen molar-refractivity contribution >= 4 is 17.5 Å². The number of anilines is 1. The number of benzene rings is 1. The van der Waals surface area contributed by atoms with Crippen molar-refractivity contribution in [1.82, 2.24) is 5.32 Å². The van der Waals surface area contributed by atoms with Gasteiger partial charge in [0.1, 0.15) is 11.6 Å². The molecule has 0 spiro atoms. The van der Waals surface area contributed by atoms with Gasteiger partial charge in [0.05, 0.1) is 11.8 Å². The lowest BCUT2D eigenvalue weighted by Crippen LogP contribution is -2.39. The Balaban J connectivity index is 2.53. The minimum Gasteiger partial charge on any atom is -0.391 e. The van der Waals surface area contributed by atoms with E-state index in [0.717, 1.165) is 24.6 Å². The normalized spacial score (nSPS) is 11.8. The van der Waals surface area contributed by atoms with Crippen LogP contribution in [0.5, 0.6) is 0 Å². The number of aliphatic hydroxyl groups is 1. The number of carbonyl (C=O) groups is 2. The van der Waals surface area contributed by atoms with Gasteiger partial charge in [0, 0.05) is 12.6 Å². The lowest BCUT2D eigenvalue weighted by Gasteiger charge is -2.11. The third kappa shape index (κ3) is 4.93. The molecule has 20 heavy (non-hydrogen) atoms. The Morgan fingerprint density at radius 3 is 2.65 bits per heavy atom. The monoisotopic (exact) mass is 286 g/mol. The van der Waals surface area contributed by atoms with E-state index < -0.39 is 35.2 Å². The van der Waals surface area contributed by atoms with Crippen molar-refractivity contribution in [2.75, 3.05) is 11.9 Å². The lowest BCUT2D eigenvalue weighted by atomic mass is 10.2. The number of rotatable bonds is 5. The summed E-state index contributed by atoms with van der Waals surface area (Å²) in [5, 5.41) is 13.6. The molecule has 110 valence electrons. The number of amides is 2. The summed E-state index contributed by atoms with van der Waals surface area (Å²) in [6, 6.07) is 2.51. The highest BCUT2D eigenvalue weighted by atomic mass is 19.1. The molecule has 0 bridgehead atoms. The molecule has 1 rings (SSSR count). The molecule has 0 aliphatic heterocycles. The van der Waals surface area contributed by atoms with E-state index in [1.807, 2.05) is 12.2 Å². The Morgan fingerprint density at radius 1 is 1.30 bits per heavy atom. The number of aliphatic hydroxyl groups excluding tert-OH is 1. The van der Waals surface area contributed by atoms with E-state index in [2.05, 4.69) is 5.32 Å². The van der Waals surface area contributed by atoms with E-state index in [1.165, 1.54) is 0 Å². The molecule has 1 aromatic rings. The maximum absolute atomic E-state index is 13.3. The van der Waals surface area contributed by atoms with Gasteiger partial charge in [-0.15, -0.1) is 0 Å². The molecule has 2 amide bonds. The summed E-state index contributed by atoms with van der Waals surface area (Å²) in [6.45, 7) is 1.79. The van der Waals surface area contributed by atoms with Crippen molar-refractivity contribution in [3.05, 3.63) is 29.8 Å². The molecule has 0 aliphatic rings. The first kappa shape index (κ1) is 16.0. The van der Waals surface area contributed by atoms with Crippen molar-refractivity contribution in [2.24, 2.45) is 0 Å². The predicted molar refractivity (Wildman–Crippen MR) is 68.9 cm³/mol. The molecule has 1 unspecified atom stereocenters. The molecule has 0 heterocycles. The maximum atomic E-state index is 13.3. The van der Waals surface area contributed by atoms with Gasteiger partial charge in [-0.2, -0.15) is 0 Å². The molecule has 0 fully saturated rings. The van der Waals surface area contributed by atoms with E-state index in [1.54, 1.807) is 0 Å². The minimum atomic E-state index is -1.13. The zero-order chi connectivity index (χ0) is 15.1. The van der Waals surface area contributed by atoms with Gasteiger partial charge in [-0.1, -0.05) is 13.3 Å². The molecule has 3 N–H and O–H groups in total. The van der Waals surface area contributed by atoms with Gasteiger partial charge in [0.25, 0.3) is 0 Å². The first-order valence-electron chi connectivity index (χ1n) is 6.16. The summed E-state index contributed by atoms with van der Waals surface area (Å²) in [6.07, 6.45) is 0.473. The second-order valence-corrected chi connectivity index (χ2v) is 4.23. The summed E-state index contributed by atoms with van der Waals surface area (Å²) in [7, 11) is 0. The number of halogens is 2. The van der Waals surface area contributed by atoms with Gasteiger partial charge < -0.3 is 15.7 Å². The van der Waals surface area contributed by atoms with Crippen LogP contribution in [0.15, 0.2) is 18.2 Å². The number of carbonyl (C=O) groups excluding carboxylic acids is 2. The second kappa shape index (κ2) is 7.54. The largest absolute Gasteiger partial charge is 0.391 e. The van der Waals surface area contributed by atoms with Crippen LogP contribution in [0.25, 0.3) is 0 Å². The zero-order valence-electron chi connectivity index (χ0n) is 11.0. The highest BCUT2D eigenvalue weighted by Crippen LogP contribution is 2.14. The average Bonchev–Trinajstić information content (AvgIpc) is 2.40. The van der Waals surface area contributed by atoms with Crippen molar-refractivity contribution in [3.63, 3.8) is 0 Å². The van der Waals surface area contributed by atoms with Crippen LogP contribution in [0, 0.1) is 11.6 Å². The van der Waals surface area contributed by atoms with Crippen LogP contribution in [0.2, 0.25) is 0 Å². The molecule has 5 nitrogen and oxygen atoms in total. The maximum Gasteiger partial charge on any atom is 0.313 e. The van der Waals surface area contributed by atoms with Gasteiger partial charge in [-0.3, -0.25) is 9.59 Å². The summed E-state index contributed by atoms with van der Waals surface area (Å²) < 4.78 is 26.1. The SMILES string of the molecule is CCCC(O)CNC(=O)C(=O)Nc1cc(F)ccc1F. The Kier molecular flexibility index (Phi) is 6.05. The molecular formula is C13H16F2N2O3. The first-order chi connectivity index (χ1) is 9.43. The summed E-state index contributed by atoms with van der Waals surface area (Å²) in [5.41, 5.74) is -0.417. The van der Waals surface area contributed by atoms with Gasteiger partial charge in [0.15, 0.2) is 0 Å². The molecule has 7 heteroatoms. The highest BCUT2D eigenvalue weighted by molar-refractivity contribution is 6.39. The van der Waals surface area contributed by atoms with Gasteiger partial charge >= 0.3 is 11.8 Å². The standard InChI is InChI=1S/C13H16F2N2O3/c1-2-3-9(18)7-16-12(19)13(20)17-11-6-8(14)4-5-10(11)15/h4-6,9,18H,2-3,7H2,1H3,(H,16,19)(H,17,20). The molecule has 0 radical (unpaired) electrons. The van der Waals surface area contributed by atoms with Gasteiger partial charge in [0.2, 0.25) is 0 Å². The molecule has 1 aromatic carbocycles. The van der Waals surface area contributed by atoms with Crippen LogP contribution in [-0.2, 0) is 9.59 Å². The van der Waals surface area contributed by atoms with Gasteiger partial charge in [-0.25, -0.2) is 8.78 Å². The van der Waals surface area contributed by atoms with Crippen LogP contribution >= 0.6 is 0 Å². The van der Waals surface area contributed by atoms with Crippen LogP contribution in [0.3, 0.4) is 0 Å². The Morgan fingerprint density at radius 2 is 2.00 bits per heavy atom. The molecular weight excluding hydrogens is 270 g/mol. The third-order valence-electron chi connectivity index (χ3n) is 2.50. The lowest BCUT2D eigenvalue weighted by molar-refractivity contribution is -0.136. The number of nitrogens with one attached hydrogen (secondary N) is 2. The second-order valence-electron chi connectivity index (χ2n) is 4.23. The molecule has 0 aromatic heterocycles. The van der Waals surface area contributed by atoms with E-state index >= 15 is 0 Å². The van der Waals surface area contributed by atoms with Crippen LogP contribution in [-0.4, -0.2) is 29.6 Å². The fourth-order valence-corrected chi connectivity index (χ4v) is 1.50. The topological polar surface area (TPSA) is 78.4 Å². The Bertz CT molecular complexity index is 495. The molecule has 0 saturated carbocycles. The number of hydrogen-bond acceptors (Lipinski definition) is 3. The molecule has 0 aliphatic carbocycles. The quantitative estimate of drug-likeness (QED) is 0.711. The molecule has 1 atom stereocenters. The number of hydrogen-bond donors (Lipinski definition) is 3. The Hall–Kier alpha value is -2.02. The highest BCUT2D eigenvalue weighted by Gasteiger charge is 2.16. The van der Waals surface area contributed by atoms with Crippen LogP contribution in [0.1, 0.15) is 19.8 Å². The van der Waals surface area contributed by atoms with E-state index in [4.69, 9.17) is 0 Å². The van der Waals surface area contributed by atoms with Crippen LogP contribution < -0.4 is 10.6 Å². The van der Waals surface area contributed by atoms with E-state index in [0.29, 0.717) is 6.42 Å². The fourth-order valence-electron chi connectivity index (χ4n) is 1.50. The van der Waals surface area contributed by atoms with Crippen molar-refractivity contribution in [2.45, 2.75) is 25.9 Å². The molecule has 0 saturated heterocycles. The summed E-state index contributed by atoms with van der Waals surface area (Å²) in [4.78, 5) is 22.9. The van der Waals surface area contributed by atoms with Gasteiger partial charge in [-0.05, 0) is 18.6 Å². The fraction of sp³-hybridized carbons (Fsp3) is 0.385. The van der Waals surface area contributed by atoms with E-state index in [9.17, 15) is 23.5 Å². The van der Waals surface area contributed by atoms with Crippen molar-refractivity contribution < 1.29 is 23.5 Å². The van der Waals surface area contributed by atoms with Crippen LogP contribution in [0.4, 0.5) is 14.5 Å². The summed E-state index contributed by atoms with van der Waals surface area (Å²) >= 11 is 0. The van der Waals surface area contributed by atoms with Crippen molar-refractivity contribution in [3.8, 4) is 0 Å². The third-order valence-corrected chi connectivity index (χ3v) is 2.50. The Labute approximate surface area is 115 Å². The predicted octanol–water partition coefficient (Wildman–Crippen LogP) is 1.18.